The minimum Gasteiger partial charge on any atom is -0.379 e. The Kier molecular flexibility index (Phi) is 8.03. The lowest BCUT2D eigenvalue weighted by Gasteiger charge is -2.26. The first kappa shape index (κ1) is 21.3. The molecule has 0 radical (unpaired) electrons. The third-order valence-corrected chi connectivity index (χ3v) is 5.47. The molecule has 1 saturated heterocycles. The van der Waals surface area contributed by atoms with Gasteiger partial charge in [0, 0.05) is 36.9 Å². The Morgan fingerprint density at radius 1 is 1.17 bits per heavy atom. The summed E-state index contributed by atoms with van der Waals surface area (Å²) < 4.78 is 5.35. The van der Waals surface area contributed by atoms with Crippen LogP contribution in [0.5, 0.6) is 0 Å². The first-order chi connectivity index (χ1) is 14.2. The number of nitrogens with zero attached hydrogens (tertiary/aromatic N) is 2. The second-order valence-electron chi connectivity index (χ2n) is 6.64. The summed E-state index contributed by atoms with van der Waals surface area (Å²) in [5, 5.41) is 5.84. The van der Waals surface area contributed by atoms with E-state index in [0.717, 1.165) is 44.2 Å². The highest BCUT2D eigenvalue weighted by Gasteiger charge is 2.18. The van der Waals surface area contributed by atoms with Crippen LogP contribution in [0.2, 0.25) is 0 Å². The van der Waals surface area contributed by atoms with Gasteiger partial charge in [0.05, 0.1) is 30.0 Å². The zero-order valence-electron chi connectivity index (χ0n) is 16.5. The number of hydrogen-bond acceptors (Lipinski definition) is 6. The van der Waals surface area contributed by atoms with Crippen molar-refractivity contribution in [3.05, 3.63) is 53.9 Å². The topological polar surface area (TPSA) is 83.6 Å². The molecule has 0 atom stereocenters. The first-order valence-electron chi connectivity index (χ1n) is 9.65. The molecule has 8 heteroatoms. The summed E-state index contributed by atoms with van der Waals surface area (Å²) in [5.74, 6) is -0.476. The van der Waals surface area contributed by atoms with Gasteiger partial charge in [0.25, 0.3) is 11.8 Å². The van der Waals surface area contributed by atoms with E-state index in [0.29, 0.717) is 23.4 Å². The Morgan fingerprint density at radius 2 is 2.00 bits per heavy atom. The molecule has 2 amide bonds. The molecule has 0 saturated carbocycles. The molecule has 1 fully saturated rings. The molecule has 0 aliphatic carbocycles. The predicted molar refractivity (Wildman–Crippen MR) is 115 cm³/mol. The van der Waals surface area contributed by atoms with Gasteiger partial charge in [-0.15, -0.1) is 11.8 Å². The van der Waals surface area contributed by atoms with Crippen LogP contribution >= 0.6 is 11.8 Å². The Bertz CT molecular complexity index is 826. The van der Waals surface area contributed by atoms with Crippen molar-refractivity contribution >= 4 is 29.3 Å². The van der Waals surface area contributed by atoms with Crippen LogP contribution in [0.25, 0.3) is 0 Å². The Morgan fingerprint density at radius 3 is 2.72 bits per heavy atom. The van der Waals surface area contributed by atoms with Crippen molar-refractivity contribution in [1.82, 2.24) is 15.2 Å². The molecule has 0 spiro atoms. The third-order valence-electron chi connectivity index (χ3n) is 4.69. The van der Waals surface area contributed by atoms with Crippen LogP contribution < -0.4 is 10.6 Å². The largest absolute Gasteiger partial charge is 0.379 e. The molecular formula is C21H26N4O3S. The van der Waals surface area contributed by atoms with E-state index in [2.05, 4.69) is 20.5 Å². The van der Waals surface area contributed by atoms with Crippen LogP contribution in [0.1, 0.15) is 27.1 Å². The minimum absolute atomic E-state index is 0.182. The van der Waals surface area contributed by atoms with Crippen molar-refractivity contribution in [2.45, 2.75) is 11.3 Å². The molecule has 29 heavy (non-hydrogen) atoms. The van der Waals surface area contributed by atoms with Gasteiger partial charge >= 0.3 is 0 Å². The van der Waals surface area contributed by atoms with Crippen molar-refractivity contribution in [1.29, 1.82) is 0 Å². The van der Waals surface area contributed by atoms with Crippen molar-refractivity contribution in [3.63, 3.8) is 0 Å². The number of nitrogens with one attached hydrogen (secondary N) is 2. The molecule has 2 heterocycles. The van der Waals surface area contributed by atoms with E-state index in [1.54, 1.807) is 24.4 Å². The van der Waals surface area contributed by atoms with Crippen LogP contribution in [0.15, 0.2) is 47.6 Å². The lowest BCUT2D eigenvalue weighted by molar-refractivity contribution is 0.0374. The van der Waals surface area contributed by atoms with Gasteiger partial charge in [-0.3, -0.25) is 19.5 Å². The maximum atomic E-state index is 12.9. The second-order valence-corrected chi connectivity index (χ2v) is 7.49. The molecule has 2 N–H and O–H groups in total. The number of benzene rings is 1. The molecule has 7 nitrogen and oxygen atoms in total. The highest BCUT2D eigenvalue weighted by molar-refractivity contribution is 7.98. The number of anilines is 1. The first-order valence-corrected chi connectivity index (χ1v) is 10.9. The number of thioether (sulfide) groups is 1. The monoisotopic (exact) mass is 414 g/mol. The van der Waals surface area contributed by atoms with E-state index in [4.69, 9.17) is 4.74 Å². The molecule has 3 rings (SSSR count). The van der Waals surface area contributed by atoms with E-state index in [1.165, 1.54) is 18.0 Å². The number of morpholine rings is 1. The molecule has 154 valence electrons. The lowest BCUT2D eigenvalue weighted by Crippen LogP contribution is -2.38. The van der Waals surface area contributed by atoms with Crippen LogP contribution in [0, 0.1) is 0 Å². The highest BCUT2D eigenvalue weighted by Crippen LogP contribution is 2.27. The quantitative estimate of drug-likeness (QED) is 0.510. The molecular weight excluding hydrogens is 388 g/mol. The molecule has 2 aromatic rings. The van der Waals surface area contributed by atoms with Crippen LogP contribution in [0.4, 0.5) is 5.69 Å². The number of hydrogen-bond donors (Lipinski definition) is 2. The smallest absolute Gasteiger partial charge is 0.257 e. The van der Waals surface area contributed by atoms with Crippen LogP contribution in [0.3, 0.4) is 0 Å². The number of pyridine rings is 1. The summed E-state index contributed by atoms with van der Waals surface area (Å²) >= 11 is 1.48. The van der Waals surface area contributed by atoms with E-state index in [-0.39, 0.29) is 11.8 Å². The summed E-state index contributed by atoms with van der Waals surface area (Å²) in [6, 6.07) is 8.85. The third kappa shape index (κ3) is 6.03. The van der Waals surface area contributed by atoms with Crippen LogP contribution in [-0.2, 0) is 4.74 Å². The van der Waals surface area contributed by atoms with E-state index >= 15 is 0 Å². The fraction of sp³-hybridized carbons (Fsp3) is 0.381. The van der Waals surface area contributed by atoms with Crippen molar-refractivity contribution in [2.75, 3.05) is 51.0 Å². The number of ether oxygens (including phenoxy) is 1. The molecule has 1 aliphatic rings. The Labute approximate surface area is 175 Å². The van der Waals surface area contributed by atoms with Gasteiger partial charge in [-0.2, -0.15) is 0 Å². The zero-order valence-corrected chi connectivity index (χ0v) is 17.3. The van der Waals surface area contributed by atoms with Crippen molar-refractivity contribution < 1.29 is 14.3 Å². The Hall–Kier alpha value is -2.42. The van der Waals surface area contributed by atoms with E-state index in [1.807, 2.05) is 18.4 Å². The number of aromatic nitrogens is 1. The molecule has 0 bridgehead atoms. The minimum atomic E-state index is -0.294. The average Bonchev–Trinajstić information content (AvgIpc) is 2.77. The fourth-order valence-electron chi connectivity index (χ4n) is 3.15. The molecule has 1 aromatic carbocycles. The van der Waals surface area contributed by atoms with Gasteiger partial charge in [0.15, 0.2) is 0 Å². The standard InChI is InChI=1S/C21H26N4O3S/c1-29-18-7-2-6-17(24-20(26)16-5-3-8-22-15-16)19(18)21(27)23-9-4-10-25-11-13-28-14-12-25/h2-3,5-8,15H,4,9-14H2,1H3,(H,23,27)(H,24,26). The second kappa shape index (κ2) is 10.9. The summed E-state index contributed by atoms with van der Waals surface area (Å²) in [6.07, 6.45) is 5.89. The summed E-state index contributed by atoms with van der Waals surface area (Å²) in [4.78, 5) is 32.5. The lowest BCUT2D eigenvalue weighted by atomic mass is 10.1. The van der Waals surface area contributed by atoms with Gasteiger partial charge in [0.1, 0.15) is 0 Å². The molecule has 0 unspecified atom stereocenters. The Balaban J connectivity index is 1.63. The van der Waals surface area contributed by atoms with Crippen molar-refractivity contribution in [2.24, 2.45) is 0 Å². The zero-order chi connectivity index (χ0) is 20.5. The van der Waals surface area contributed by atoms with Gasteiger partial charge in [0.2, 0.25) is 0 Å². The maximum Gasteiger partial charge on any atom is 0.257 e. The molecule has 1 aromatic heterocycles. The van der Waals surface area contributed by atoms with E-state index < -0.39 is 0 Å². The summed E-state index contributed by atoms with van der Waals surface area (Å²) in [6.45, 7) is 4.93. The summed E-state index contributed by atoms with van der Waals surface area (Å²) in [5.41, 5.74) is 1.43. The summed E-state index contributed by atoms with van der Waals surface area (Å²) in [7, 11) is 0. The highest BCUT2D eigenvalue weighted by atomic mass is 32.2. The van der Waals surface area contributed by atoms with Gasteiger partial charge in [-0.05, 0) is 43.5 Å². The predicted octanol–water partition coefficient (Wildman–Crippen LogP) is 2.51. The van der Waals surface area contributed by atoms with Crippen molar-refractivity contribution in [3.8, 4) is 0 Å². The maximum absolute atomic E-state index is 12.9. The normalized spacial score (nSPS) is 14.4. The van der Waals surface area contributed by atoms with Gasteiger partial charge in [-0.25, -0.2) is 0 Å². The van der Waals surface area contributed by atoms with Gasteiger partial charge < -0.3 is 15.4 Å². The SMILES string of the molecule is CSc1cccc(NC(=O)c2cccnc2)c1C(=O)NCCCN1CCOCC1. The molecule has 1 aliphatic heterocycles. The number of amides is 2. The fourth-order valence-corrected chi connectivity index (χ4v) is 3.77. The number of carbonyl (C=O) groups is 2. The number of carbonyl (C=O) groups excluding carboxylic acids is 2. The number of rotatable bonds is 8. The van der Waals surface area contributed by atoms with E-state index in [9.17, 15) is 9.59 Å². The average molecular weight is 415 g/mol. The van der Waals surface area contributed by atoms with Crippen LogP contribution in [-0.4, -0.2) is 67.3 Å². The van der Waals surface area contributed by atoms with Gasteiger partial charge in [-0.1, -0.05) is 6.07 Å².